The summed E-state index contributed by atoms with van der Waals surface area (Å²) in [6, 6.07) is 1.80. The van der Waals surface area contributed by atoms with Crippen molar-refractivity contribution in [1.82, 2.24) is 9.88 Å². The number of piperidine rings is 1. The van der Waals surface area contributed by atoms with Crippen LogP contribution in [0.1, 0.15) is 39.2 Å². The minimum absolute atomic E-state index is 0.0843. The maximum absolute atomic E-state index is 6.23. The number of nitrogens with two attached hydrogens (primary N) is 1. The van der Waals surface area contributed by atoms with Gasteiger partial charge in [0.25, 0.3) is 0 Å². The van der Waals surface area contributed by atoms with Crippen LogP contribution in [0.25, 0.3) is 5.57 Å². The zero-order valence-electron chi connectivity index (χ0n) is 14.4. The van der Waals surface area contributed by atoms with Gasteiger partial charge in [-0.05, 0) is 51.3 Å². The molecule has 0 amide bonds. The summed E-state index contributed by atoms with van der Waals surface area (Å²) in [4.78, 5) is 11.0. The summed E-state index contributed by atoms with van der Waals surface area (Å²) in [6.07, 6.45) is 5.53. The fourth-order valence-corrected chi connectivity index (χ4v) is 3.03. The van der Waals surface area contributed by atoms with Crippen LogP contribution in [0, 0.1) is 0 Å². The zero-order chi connectivity index (χ0) is 17.9. The monoisotopic (exact) mass is 366 g/mol. The molecule has 0 aliphatic carbocycles. The third-order valence-electron chi connectivity index (χ3n) is 4.38. The molecule has 24 heavy (non-hydrogen) atoms. The average Bonchev–Trinajstić information content (AvgIpc) is 2.54. The van der Waals surface area contributed by atoms with Crippen molar-refractivity contribution in [1.29, 1.82) is 0 Å². The van der Waals surface area contributed by atoms with Crippen LogP contribution in [0.3, 0.4) is 0 Å². The Morgan fingerprint density at radius 3 is 2.62 bits per heavy atom. The number of rotatable bonds is 4. The van der Waals surface area contributed by atoms with Gasteiger partial charge in [-0.1, -0.05) is 29.8 Å². The average molecular weight is 367 g/mol. The highest BCUT2D eigenvalue weighted by atomic mass is 35.5. The Bertz CT molecular complexity index is 682. The van der Waals surface area contributed by atoms with Gasteiger partial charge in [-0.2, -0.15) is 0 Å². The standard InChI is InChI=1S/C18H24Cl2N4/c1-5-15(24-10-7-18(4,21)8-11-24)23-13(3)12(2)14-6-9-22-17(20)16(14)19/h5-6,9H,2,7-8,10-11,21H2,1,3-4H3/b15-5+,23-13-. The van der Waals surface area contributed by atoms with Gasteiger partial charge in [0, 0.05) is 36.1 Å². The summed E-state index contributed by atoms with van der Waals surface area (Å²) >= 11 is 12.2. The predicted octanol–water partition coefficient (Wildman–Crippen LogP) is 4.54. The van der Waals surface area contributed by atoms with Crippen LogP contribution in [0.2, 0.25) is 10.2 Å². The normalized spacial score (nSPS) is 18.7. The second-order valence-electron chi connectivity index (χ2n) is 6.43. The zero-order valence-corrected chi connectivity index (χ0v) is 16.0. The number of allylic oxidation sites excluding steroid dienone is 2. The molecule has 1 aromatic heterocycles. The van der Waals surface area contributed by atoms with Gasteiger partial charge in [0.1, 0.15) is 11.0 Å². The lowest BCUT2D eigenvalue weighted by atomic mass is 9.91. The topological polar surface area (TPSA) is 54.5 Å². The number of likely N-dealkylation sites (tertiary alicyclic amines) is 1. The minimum Gasteiger partial charge on any atom is -0.357 e. The van der Waals surface area contributed by atoms with Crippen molar-refractivity contribution in [3.8, 4) is 0 Å². The summed E-state index contributed by atoms with van der Waals surface area (Å²) in [5.74, 6) is 0.931. The molecule has 2 N–H and O–H groups in total. The van der Waals surface area contributed by atoms with Crippen LogP contribution < -0.4 is 5.73 Å². The molecule has 1 saturated heterocycles. The number of aromatic nitrogens is 1. The first-order valence-electron chi connectivity index (χ1n) is 8.00. The van der Waals surface area contributed by atoms with E-state index in [-0.39, 0.29) is 10.7 Å². The summed E-state index contributed by atoms with van der Waals surface area (Å²) in [5.41, 5.74) is 8.42. The highest BCUT2D eigenvalue weighted by molar-refractivity contribution is 6.43. The molecular formula is C18H24Cl2N4. The Labute approximate surface area is 154 Å². The maximum atomic E-state index is 6.23. The van der Waals surface area contributed by atoms with Crippen LogP contribution >= 0.6 is 23.2 Å². The second-order valence-corrected chi connectivity index (χ2v) is 7.16. The fraction of sp³-hybridized carbons (Fsp3) is 0.444. The molecule has 1 aliphatic rings. The summed E-state index contributed by atoms with van der Waals surface area (Å²) < 4.78 is 0. The third-order valence-corrected chi connectivity index (χ3v) is 5.14. The van der Waals surface area contributed by atoms with E-state index in [2.05, 4.69) is 23.4 Å². The van der Waals surface area contributed by atoms with E-state index in [0.717, 1.165) is 48.6 Å². The summed E-state index contributed by atoms with van der Waals surface area (Å²) in [5, 5.41) is 0.672. The predicted molar refractivity (Wildman–Crippen MR) is 104 cm³/mol. The first-order valence-corrected chi connectivity index (χ1v) is 8.76. The molecule has 0 saturated carbocycles. The van der Waals surface area contributed by atoms with Gasteiger partial charge in [-0.25, -0.2) is 9.98 Å². The largest absolute Gasteiger partial charge is 0.357 e. The number of hydrogen-bond donors (Lipinski definition) is 1. The van der Waals surface area contributed by atoms with Gasteiger partial charge in [-0.15, -0.1) is 0 Å². The van der Waals surface area contributed by atoms with E-state index in [1.54, 1.807) is 12.3 Å². The van der Waals surface area contributed by atoms with Crippen molar-refractivity contribution >= 4 is 34.5 Å². The number of pyridine rings is 1. The second kappa shape index (κ2) is 7.68. The number of nitrogens with zero attached hydrogens (tertiary/aromatic N) is 3. The van der Waals surface area contributed by atoms with E-state index in [4.69, 9.17) is 33.9 Å². The van der Waals surface area contributed by atoms with E-state index in [0.29, 0.717) is 5.02 Å². The molecule has 2 heterocycles. The highest BCUT2D eigenvalue weighted by Gasteiger charge is 2.26. The molecule has 0 bridgehead atoms. The Kier molecular flexibility index (Phi) is 6.07. The van der Waals surface area contributed by atoms with Crippen LogP contribution in [-0.2, 0) is 0 Å². The Hall–Kier alpha value is -1.36. The molecule has 1 fully saturated rings. The van der Waals surface area contributed by atoms with Crippen LogP contribution in [0.4, 0.5) is 0 Å². The quantitative estimate of drug-likeness (QED) is 0.628. The lowest BCUT2D eigenvalue weighted by molar-refractivity contribution is 0.208. The molecular weight excluding hydrogens is 343 g/mol. The van der Waals surface area contributed by atoms with Crippen molar-refractivity contribution in [2.45, 2.75) is 39.2 Å². The van der Waals surface area contributed by atoms with Crippen molar-refractivity contribution in [3.05, 3.63) is 46.5 Å². The van der Waals surface area contributed by atoms with Crippen LogP contribution in [0.5, 0.6) is 0 Å². The van der Waals surface area contributed by atoms with Gasteiger partial charge < -0.3 is 10.6 Å². The molecule has 6 heteroatoms. The molecule has 2 rings (SSSR count). The molecule has 0 aromatic carbocycles. The lowest BCUT2D eigenvalue weighted by Crippen LogP contribution is -2.47. The van der Waals surface area contributed by atoms with Gasteiger partial charge in [-0.3, -0.25) is 0 Å². The van der Waals surface area contributed by atoms with E-state index in [9.17, 15) is 0 Å². The molecule has 1 aromatic rings. The van der Waals surface area contributed by atoms with Crippen molar-refractivity contribution < 1.29 is 0 Å². The molecule has 1 aliphatic heterocycles. The fourth-order valence-electron chi connectivity index (χ4n) is 2.65. The molecule has 130 valence electrons. The Morgan fingerprint density at radius 1 is 1.42 bits per heavy atom. The van der Waals surface area contributed by atoms with Gasteiger partial charge in [0.15, 0.2) is 0 Å². The number of hydrogen-bond acceptors (Lipinski definition) is 4. The smallest absolute Gasteiger partial charge is 0.148 e. The van der Waals surface area contributed by atoms with Crippen molar-refractivity contribution in [2.75, 3.05) is 13.1 Å². The van der Waals surface area contributed by atoms with Crippen LogP contribution in [-0.4, -0.2) is 34.2 Å². The maximum Gasteiger partial charge on any atom is 0.148 e. The highest BCUT2D eigenvalue weighted by Crippen LogP contribution is 2.29. The Balaban J connectivity index is 2.19. The minimum atomic E-state index is -0.0843. The molecule has 0 spiro atoms. The van der Waals surface area contributed by atoms with E-state index < -0.39 is 0 Å². The Morgan fingerprint density at radius 2 is 2.04 bits per heavy atom. The van der Waals surface area contributed by atoms with Crippen LogP contribution in [0.15, 0.2) is 35.7 Å². The SMILES string of the molecule is C=C(/C(C)=N\C(=C/C)N1CCC(C)(N)CC1)c1ccnc(Cl)c1Cl. The third kappa shape index (κ3) is 4.38. The molecule has 4 nitrogen and oxygen atoms in total. The molecule has 0 radical (unpaired) electrons. The van der Waals surface area contributed by atoms with Crippen molar-refractivity contribution in [2.24, 2.45) is 10.7 Å². The first-order chi connectivity index (χ1) is 11.2. The van der Waals surface area contributed by atoms with Gasteiger partial charge >= 0.3 is 0 Å². The first kappa shape index (κ1) is 19.0. The van der Waals surface area contributed by atoms with E-state index >= 15 is 0 Å². The summed E-state index contributed by atoms with van der Waals surface area (Å²) in [7, 11) is 0. The van der Waals surface area contributed by atoms with Gasteiger partial charge in [0.05, 0.1) is 5.02 Å². The summed E-state index contributed by atoms with van der Waals surface area (Å²) in [6.45, 7) is 11.9. The van der Waals surface area contributed by atoms with Crippen molar-refractivity contribution in [3.63, 3.8) is 0 Å². The molecule has 0 atom stereocenters. The molecule has 0 unspecified atom stereocenters. The number of aliphatic imine (C=N–C) groups is 1. The van der Waals surface area contributed by atoms with E-state index in [1.165, 1.54) is 0 Å². The number of halogens is 2. The van der Waals surface area contributed by atoms with E-state index in [1.807, 2.05) is 19.9 Å². The lowest BCUT2D eigenvalue weighted by Gasteiger charge is -2.38. The van der Waals surface area contributed by atoms with Gasteiger partial charge in [0.2, 0.25) is 0 Å².